The molecule has 0 spiro atoms. The molecule has 8 nitrogen and oxygen atoms in total. The van der Waals surface area contributed by atoms with Gasteiger partial charge in [-0.3, -0.25) is 9.88 Å². The van der Waals surface area contributed by atoms with Crippen molar-refractivity contribution >= 4 is 23.3 Å². The number of nitrogens with zero attached hydrogens (tertiary/aromatic N) is 6. The molecule has 28 heavy (non-hydrogen) atoms. The maximum atomic E-state index is 12.4. The number of nitrogens with two attached hydrogens (primary N) is 1. The summed E-state index contributed by atoms with van der Waals surface area (Å²) >= 11 is 6.43. The summed E-state index contributed by atoms with van der Waals surface area (Å²) in [5, 5.41) is 8.53. The van der Waals surface area contributed by atoms with E-state index in [-0.39, 0.29) is 6.04 Å². The number of amides is 2. The molecule has 1 aliphatic carbocycles. The molecule has 1 unspecified atom stereocenters. The average molecular weight is 396 g/mol. The molecular formula is C19H18ClN7O. The molecule has 2 aliphatic rings. The molecule has 1 atom stereocenters. The number of urea groups is 1. The lowest BCUT2D eigenvalue weighted by Crippen LogP contribution is -2.42. The third-order valence-corrected chi connectivity index (χ3v) is 5.68. The molecule has 3 aromatic heterocycles. The van der Waals surface area contributed by atoms with Crippen LogP contribution in [0.3, 0.4) is 0 Å². The predicted octanol–water partition coefficient (Wildman–Crippen LogP) is 3.16. The van der Waals surface area contributed by atoms with Crippen LogP contribution in [0.25, 0.3) is 5.82 Å². The molecule has 0 bridgehead atoms. The van der Waals surface area contributed by atoms with E-state index in [9.17, 15) is 4.79 Å². The summed E-state index contributed by atoms with van der Waals surface area (Å²) in [5.41, 5.74) is 9.83. The Balaban J connectivity index is 1.54. The second-order valence-electron chi connectivity index (χ2n) is 7.16. The molecule has 1 saturated carbocycles. The Labute approximate surface area is 166 Å². The van der Waals surface area contributed by atoms with E-state index in [1.165, 1.54) is 28.8 Å². The van der Waals surface area contributed by atoms with Crippen LogP contribution in [-0.2, 0) is 6.42 Å². The highest BCUT2D eigenvalue weighted by Crippen LogP contribution is 2.47. The first-order valence-corrected chi connectivity index (χ1v) is 9.59. The molecule has 4 heterocycles. The quantitative estimate of drug-likeness (QED) is 0.733. The lowest BCUT2D eigenvalue weighted by molar-refractivity contribution is 0.250. The monoisotopic (exact) mass is 395 g/mol. The normalized spacial score (nSPS) is 18.8. The van der Waals surface area contributed by atoms with Crippen molar-refractivity contribution in [1.82, 2.24) is 25.0 Å². The molecule has 1 aliphatic heterocycles. The van der Waals surface area contributed by atoms with Gasteiger partial charge in [0.25, 0.3) is 0 Å². The number of rotatable bonds is 3. The highest BCUT2D eigenvalue weighted by molar-refractivity contribution is 6.32. The van der Waals surface area contributed by atoms with Crippen LogP contribution in [0.1, 0.15) is 47.9 Å². The van der Waals surface area contributed by atoms with Gasteiger partial charge in [-0.1, -0.05) is 11.6 Å². The highest BCUT2D eigenvalue weighted by Gasteiger charge is 2.36. The first-order valence-electron chi connectivity index (χ1n) is 9.21. The maximum Gasteiger partial charge on any atom is 0.319 e. The highest BCUT2D eigenvalue weighted by atomic mass is 35.5. The Bertz CT molecular complexity index is 1050. The van der Waals surface area contributed by atoms with Gasteiger partial charge in [0.2, 0.25) is 0 Å². The zero-order chi connectivity index (χ0) is 19.3. The number of primary amides is 1. The van der Waals surface area contributed by atoms with E-state index in [4.69, 9.17) is 17.3 Å². The van der Waals surface area contributed by atoms with Crippen LogP contribution in [0.2, 0.25) is 5.02 Å². The van der Waals surface area contributed by atoms with Crippen LogP contribution >= 0.6 is 11.6 Å². The lowest BCUT2D eigenvalue weighted by Gasteiger charge is -2.37. The minimum absolute atomic E-state index is 0.245. The van der Waals surface area contributed by atoms with Crippen molar-refractivity contribution in [1.29, 1.82) is 0 Å². The topological polar surface area (TPSA) is 103 Å². The van der Waals surface area contributed by atoms with Gasteiger partial charge in [-0.15, -0.1) is 4.80 Å². The number of aromatic nitrogens is 5. The Kier molecular flexibility index (Phi) is 4.01. The number of hydrogen-bond donors (Lipinski definition) is 1. The second kappa shape index (κ2) is 6.56. The average Bonchev–Trinajstić information content (AvgIpc) is 3.40. The summed E-state index contributed by atoms with van der Waals surface area (Å²) in [6, 6.07) is 1.05. The molecule has 9 heteroatoms. The Morgan fingerprint density at radius 2 is 1.93 bits per heavy atom. The molecule has 1 fully saturated rings. The van der Waals surface area contributed by atoms with Crippen molar-refractivity contribution in [2.45, 2.75) is 37.6 Å². The van der Waals surface area contributed by atoms with Crippen LogP contribution < -0.4 is 10.6 Å². The number of carbonyl (C=O) groups is 1. The molecule has 2 N–H and O–H groups in total. The molecule has 0 saturated heterocycles. The first-order chi connectivity index (χ1) is 13.6. The number of fused-ring (bicyclic) bond motifs is 1. The fraction of sp³-hybridized carbons (Fsp3) is 0.316. The van der Waals surface area contributed by atoms with Crippen molar-refractivity contribution in [2.75, 3.05) is 4.90 Å². The molecule has 0 aromatic carbocycles. The van der Waals surface area contributed by atoms with E-state index >= 15 is 0 Å². The fourth-order valence-corrected chi connectivity index (χ4v) is 4.23. The molecule has 142 valence electrons. The molecular weight excluding hydrogens is 378 g/mol. The van der Waals surface area contributed by atoms with Crippen molar-refractivity contribution in [3.05, 3.63) is 58.8 Å². The third kappa shape index (κ3) is 2.80. The van der Waals surface area contributed by atoms with E-state index in [1.807, 2.05) is 6.20 Å². The van der Waals surface area contributed by atoms with Gasteiger partial charge in [0.1, 0.15) is 0 Å². The molecule has 5 rings (SSSR count). The second-order valence-corrected chi connectivity index (χ2v) is 7.56. The van der Waals surface area contributed by atoms with Crippen LogP contribution in [0.4, 0.5) is 10.5 Å². The van der Waals surface area contributed by atoms with Gasteiger partial charge in [-0.05, 0) is 54.4 Å². The van der Waals surface area contributed by atoms with Gasteiger partial charge in [-0.2, -0.15) is 10.2 Å². The van der Waals surface area contributed by atoms with Gasteiger partial charge < -0.3 is 5.73 Å². The number of carbonyl (C=O) groups excluding carboxylic acids is 1. The molecule has 2 amide bonds. The number of anilines is 1. The van der Waals surface area contributed by atoms with Crippen molar-refractivity contribution < 1.29 is 4.79 Å². The van der Waals surface area contributed by atoms with Gasteiger partial charge in [-0.25, -0.2) is 9.78 Å². The van der Waals surface area contributed by atoms with Crippen LogP contribution in [-0.4, -0.2) is 31.0 Å². The van der Waals surface area contributed by atoms with Crippen LogP contribution in [0, 0.1) is 0 Å². The summed E-state index contributed by atoms with van der Waals surface area (Å²) in [7, 11) is 0. The van der Waals surface area contributed by atoms with Crippen molar-refractivity contribution in [3.63, 3.8) is 0 Å². The van der Waals surface area contributed by atoms with Gasteiger partial charge in [0.15, 0.2) is 5.82 Å². The lowest BCUT2D eigenvalue weighted by atomic mass is 9.89. The molecule has 3 aromatic rings. The zero-order valence-electron chi connectivity index (χ0n) is 15.0. The van der Waals surface area contributed by atoms with E-state index in [0.29, 0.717) is 16.8 Å². The van der Waals surface area contributed by atoms with E-state index in [1.54, 1.807) is 35.8 Å². The molecule has 0 radical (unpaired) electrons. The third-order valence-electron chi connectivity index (χ3n) is 5.40. The number of hydrogen-bond acceptors (Lipinski definition) is 5. The summed E-state index contributed by atoms with van der Waals surface area (Å²) in [4.78, 5) is 24.1. The Morgan fingerprint density at radius 1 is 1.14 bits per heavy atom. The summed E-state index contributed by atoms with van der Waals surface area (Å²) in [6.45, 7) is 0. The standard InChI is InChI=1S/C19H18ClN7O/c20-15-7-12(8-23-18(15)27-24-5-6-25-27)16-4-3-13-14(11-1-2-11)9-22-10-17(13)26(16)19(21)28/h5-11,16H,1-4H2,(H2,21,28). The minimum atomic E-state index is -0.505. The predicted molar refractivity (Wildman–Crippen MR) is 104 cm³/mol. The van der Waals surface area contributed by atoms with Gasteiger partial charge >= 0.3 is 6.03 Å². The van der Waals surface area contributed by atoms with E-state index in [0.717, 1.165) is 24.1 Å². The van der Waals surface area contributed by atoms with E-state index in [2.05, 4.69) is 20.2 Å². The fourth-order valence-electron chi connectivity index (χ4n) is 3.98. The summed E-state index contributed by atoms with van der Waals surface area (Å²) in [6.07, 6.45) is 12.5. The van der Waals surface area contributed by atoms with Crippen LogP contribution in [0.15, 0.2) is 37.1 Å². The van der Waals surface area contributed by atoms with Crippen molar-refractivity contribution in [2.24, 2.45) is 5.73 Å². The number of pyridine rings is 2. The SMILES string of the molecule is NC(=O)N1c2cncc(C3CC3)c2CCC1c1cnc(-n2nccn2)c(Cl)c1. The van der Waals surface area contributed by atoms with Gasteiger partial charge in [0.05, 0.1) is 35.3 Å². The van der Waals surface area contributed by atoms with Crippen molar-refractivity contribution in [3.8, 4) is 5.82 Å². The van der Waals surface area contributed by atoms with E-state index < -0.39 is 6.03 Å². The Morgan fingerprint density at radius 3 is 2.61 bits per heavy atom. The maximum absolute atomic E-state index is 12.4. The minimum Gasteiger partial charge on any atom is -0.351 e. The van der Waals surface area contributed by atoms with Gasteiger partial charge in [0, 0.05) is 12.4 Å². The number of halogens is 1. The smallest absolute Gasteiger partial charge is 0.319 e. The summed E-state index contributed by atoms with van der Waals surface area (Å²) in [5.74, 6) is 1.00. The summed E-state index contributed by atoms with van der Waals surface area (Å²) < 4.78 is 0. The Hall–Kier alpha value is -3.00. The largest absolute Gasteiger partial charge is 0.351 e. The first kappa shape index (κ1) is 17.1. The van der Waals surface area contributed by atoms with Crippen LogP contribution in [0.5, 0.6) is 0 Å². The zero-order valence-corrected chi connectivity index (χ0v) is 15.8.